The fraction of sp³-hybridized carbons (Fsp3) is 0.0526. The number of fused-ring (bicyclic) bond motifs is 1. The molecular formula is C19H14Br2N6O2. The number of aryl methyl sites for hydroxylation is 1. The monoisotopic (exact) mass is 516 g/mol. The standard InChI is InChI=1S/C19H14Br2N6O2/c1-9-2-3-10(20)6-13(9)24-17(28)15-16(23-8-22-15)18(29)27-19-25-12-5-4-11(21)7-14(12)26-19/h2-8H,1H3,(H,22,23)(H,24,28)(H2,25,26,27,29). The van der Waals surface area contributed by atoms with Crippen molar-refractivity contribution in [2.45, 2.75) is 6.92 Å². The second kappa shape index (κ2) is 7.80. The van der Waals surface area contributed by atoms with Gasteiger partial charge in [0.15, 0.2) is 5.69 Å². The molecule has 0 fully saturated rings. The molecule has 146 valence electrons. The van der Waals surface area contributed by atoms with Crippen molar-refractivity contribution in [2.75, 3.05) is 10.6 Å². The number of aromatic nitrogens is 4. The summed E-state index contributed by atoms with van der Waals surface area (Å²) in [6, 6.07) is 11.1. The largest absolute Gasteiger partial charge is 0.340 e. The molecule has 29 heavy (non-hydrogen) atoms. The first-order chi connectivity index (χ1) is 13.9. The molecule has 0 aliphatic rings. The number of benzene rings is 2. The predicted molar refractivity (Wildman–Crippen MR) is 117 cm³/mol. The summed E-state index contributed by atoms with van der Waals surface area (Å²) < 4.78 is 1.72. The van der Waals surface area contributed by atoms with Crippen molar-refractivity contribution in [1.82, 2.24) is 19.9 Å². The highest BCUT2D eigenvalue weighted by atomic mass is 79.9. The van der Waals surface area contributed by atoms with E-state index in [2.05, 4.69) is 62.4 Å². The van der Waals surface area contributed by atoms with Crippen molar-refractivity contribution in [1.29, 1.82) is 0 Å². The molecule has 4 aromatic rings. The van der Waals surface area contributed by atoms with Crippen LogP contribution in [-0.4, -0.2) is 31.8 Å². The van der Waals surface area contributed by atoms with E-state index < -0.39 is 11.8 Å². The summed E-state index contributed by atoms with van der Waals surface area (Å²) >= 11 is 6.77. The molecule has 4 rings (SSSR count). The Labute approximate surface area is 181 Å². The van der Waals surface area contributed by atoms with Crippen LogP contribution < -0.4 is 10.6 Å². The molecule has 0 saturated carbocycles. The summed E-state index contributed by atoms with van der Waals surface area (Å²) in [4.78, 5) is 39.4. The van der Waals surface area contributed by atoms with Crippen LogP contribution in [-0.2, 0) is 0 Å². The lowest BCUT2D eigenvalue weighted by Crippen LogP contribution is -2.21. The molecule has 4 N–H and O–H groups in total. The molecule has 2 aromatic heterocycles. The molecule has 0 radical (unpaired) electrons. The van der Waals surface area contributed by atoms with Gasteiger partial charge in [-0.15, -0.1) is 0 Å². The minimum absolute atomic E-state index is 0.0132. The zero-order valence-corrected chi connectivity index (χ0v) is 18.2. The number of hydrogen-bond acceptors (Lipinski definition) is 4. The Bertz CT molecular complexity index is 1250. The highest BCUT2D eigenvalue weighted by molar-refractivity contribution is 9.10. The number of halogens is 2. The van der Waals surface area contributed by atoms with Crippen molar-refractivity contribution in [3.05, 3.63) is 68.6 Å². The summed E-state index contributed by atoms with van der Waals surface area (Å²) in [5.41, 5.74) is 3.01. The third-order valence-corrected chi connectivity index (χ3v) is 5.19. The third-order valence-electron chi connectivity index (χ3n) is 4.21. The molecule has 2 amide bonds. The number of anilines is 2. The maximum atomic E-state index is 12.7. The van der Waals surface area contributed by atoms with Gasteiger partial charge in [0.05, 0.1) is 17.4 Å². The molecule has 0 saturated heterocycles. The van der Waals surface area contributed by atoms with E-state index >= 15 is 0 Å². The van der Waals surface area contributed by atoms with Gasteiger partial charge in [0.25, 0.3) is 11.8 Å². The van der Waals surface area contributed by atoms with E-state index in [1.165, 1.54) is 6.33 Å². The van der Waals surface area contributed by atoms with Gasteiger partial charge in [-0.2, -0.15) is 0 Å². The Kier molecular flexibility index (Phi) is 5.20. The van der Waals surface area contributed by atoms with E-state index in [0.717, 1.165) is 20.0 Å². The van der Waals surface area contributed by atoms with Gasteiger partial charge >= 0.3 is 0 Å². The van der Waals surface area contributed by atoms with Crippen LogP contribution in [0, 0.1) is 6.92 Å². The van der Waals surface area contributed by atoms with Gasteiger partial charge in [0.2, 0.25) is 5.95 Å². The fourth-order valence-electron chi connectivity index (χ4n) is 2.76. The number of imidazole rings is 2. The quantitative estimate of drug-likeness (QED) is 0.316. The van der Waals surface area contributed by atoms with Crippen LogP contribution in [0.15, 0.2) is 51.7 Å². The third kappa shape index (κ3) is 4.08. The van der Waals surface area contributed by atoms with Gasteiger partial charge in [-0.1, -0.05) is 37.9 Å². The molecule has 2 aromatic carbocycles. The summed E-state index contributed by atoms with van der Waals surface area (Å²) in [6.45, 7) is 1.88. The first-order valence-electron chi connectivity index (χ1n) is 8.48. The topological polar surface area (TPSA) is 116 Å². The SMILES string of the molecule is Cc1ccc(Br)cc1NC(=O)c1nc[nH]c1C(=O)Nc1nc2ccc(Br)cc2[nH]1. The van der Waals surface area contributed by atoms with E-state index in [4.69, 9.17) is 0 Å². The van der Waals surface area contributed by atoms with E-state index in [9.17, 15) is 9.59 Å². The maximum Gasteiger partial charge on any atom is 0.276 e. The smallest absolute Gasteiger partial charge is 0.276 e. The van der Waals surface area contributed by atoms with Crippen LogP contribution in [0.4, 0.5) is 11.6 Å². The number of hydrogen-bond donors (Lipinski definition) is 4. The number of H-pyrrole nitrogens is 2. The molecule has 0 aliphatic heterocycles. The molecule has 8 nitrogen and oxygen atoms in total. The van der Waals surface area contributed by atoms with Gasteiger partial charge in [0, 0.05) is 14.6 Å². The fourth-order valence-corrected chi connectivity index (χ4v) is 3.48. The molecule has 0 atom stereocenters. The molecule has 0 unspecified atom stereocenters. The lowest BCUT2D eigenvalue weighted by Gasteiger charge is -2.08. The Morgan fingerprint density at radius 3 is 2.59 bits per heavy atom. The number of carbonyl (C=O) groups is 2. The first kappa shape index (κ1) is 19.3. The Morgan fingerprint density at radius 2 is 1.76 bits per heavy atom. The van der Waals surface area contributed by atoms with Crippen LogP contribution in [0.25, 0.3) is 11.0 Å². The highest BCUT2D eigenvalue weighted by Gasteiger charge is 2.22. The number of carbonyl (C=O) groups excluding carboxylic acids is 2. The molecule has 10 heteroatoms. The summed E-state index contributed by atoms with van der Waals surface area (Å²) in [7, 11) is 0. The summed E-state index contributed by atoms with van der Waals surface area (Å²) in [5.74, 6) is -0.755. The molecule has 2 heterocycles. The van der Waals surface area contributed by atoms with Crippen molar-refractivity contribution < 1.29 is 9.59 Å². The summed E-state index contributed by atoms with van der Waals surface area (Å²) in [5, 5.41) is 5.43. The van der Waals surface area contributed by atoms with Gasteiger partial charge in [-0.05, 0) is 42.8 Å². The van der Waals surface area contributed by atoms with Gasteiger partial charge < -0.3 is 15.3 Å². The first-order valence-corrected chi connectivity index (χ1v) is 10.1. The molecule has 0 bridgehead atoms. The number of nitrogens with one attached hydrogen (secondary N) is 4. The van der Waals surface area contributed by atoms with Crippen molar-refractivity contribution >= 4 is 66.3 Å². The van der Waals surface area contributed by atoms with Gasteiger partial charge in [-0.3, -0.25) is 14.9 Å². The number of amides is 2. The average molecular weight is 518 g/mol. The van der Waals surface area contributed by atoms with Gasteiger partial charge in [-0.25, -0.2) is 9.97 Å². The zero-order chi connectivity index (χ0) is 20.5. The lowest BCUT2D eigenvalue weighted by molar-refractivity contribution is 0.0985. The molecular weight excluding hydrogens is 504 g/mol. The highest BCUT2D eigenvalue weighted by Crippen LogP contribution is 2.22. The minimum atomic E-state index is -0.531. The van der Waals surface area contributed by atoms with Gasteiger partial charge in [0.1, 0.15) is 5.69 Å². The van der Waals surface area contributed by atoms with Crippen LogP contribution in [0.1, 0.15) is 26.5 Å². The maximum absolute atomic E-state index is 12.7. The van der Waals surface area contributed by atoms with Crippen molar-refractivity contribution in [2.24, 2.45) is 0 Å². The Morgan fingerprint density at radius 1 is 1.00 bits per heavy atom. The van der Waals surface area contributed by atoms with E-state index in [-0.39, 0.29) is 17.3 Å². The molecule has 0 spiro atoms. The van der Waals surface area contributed by atoms with E-state index in [0.29, 0.717) is 11.2 Å². The minimum Gasteiger partial charge on any atom is -0.340 e. The summed E-state index contributed by atoms with van der Waals surface area (Å²) in [6.07, 6.45) is 1.30. The average Bonchev–Trinajstić information content (AvgIpc) is 3.31. The Balaban J connectivity index is 1.55. The zero-order valence-electron chi connectivity index (χ0n) is 15.0. The second-order valence-corrected chi connectivity index (χ2v) is 8.07. The number of rotatable bonds is 4. The number of aromatic amines is 2. The van der Waals surface area contributed by atoms with Crippen molar-refractivity contribution in [3.63, 3.8) is 0 Å². The van der Waals surface area contributed by atoms with Crippen molar-refractivity contribution in [3.8, 4) is 0 Å². The van der Waals surface area contributed by atoms with Crippen LogP contribution in [0.5, 0.6) is 0 Å². The van der Waals surface area contributed by atoms with Crippen LogP contribution in [0.3, 0.4) is 0 Å². The van der Waals surface area contributed by atoms with E-state index in [1.807, 2.05) is 37.3 Å². The van der Waals surface area contributed by atoms with Crippen LogP contribution >= 0.6 is 31.9 Å². The van der Waals surface area contributed by atoms with Crippen LogP contribution in [0.2, 0.25) is 0 Å². The van der Waals surface area contributed by atoms with E-state index in [1.54, 1.807) is 6.07 Å². The lowest BCUT2D eigenvalue weighted by atomic mass is 10.2. The predicted octanol–water partition coefficient (Wildman–Crippen LogP) is 4.62. The normalized spacial score (nSPS) is 10.9. The Hall–Kier alpha value is -2.98. The number of nitrogens with zero attached hydrogens (tertiary/aromatic N) is 2. The molecule has 0 aliphatic carbocycles. The second-order valence-electron chi connectivity index (χ2n) is 6.24.